The molecule has 0 spiro atoms. The summed E-state index contributed by atoms with van der Waals surface area (Å²) in [5.41, 5.74) is 4.14. The largest absolute Gasteiger partial charge is 0.416 e. The summed E-state index contributed by atoms with van der Waals surface area (Å²) in [5, 5.41) is 0. The number of halogens is 3. The fourth-order valence-corrected chi connectivity index (χ4v) is 2.66. The summed E-state index contributed by atoms with van der Waals surface area (Å²) < 4.78 is 39.0. The van der Waals surface area contributed by atoms with Gasteiger partial charge in [-0.3, -0.25) is 20.4 Å². The van der Waals surface area contributed by atoms with Crippen LogP contribution in [0.4, 0.5) is 13.2 Å². The maximum Gasteiger partial charge on any atom is 0.416 e. The van der Waals surface area contributed by atoms with Gasteiger partial charge in [0.2, 0.25) is 5.91 Å². The Morgan fingerprint density at radius 3 is 2.50 bits per heavy atom. The van der Waals surface area contributed by atoms with Crippen molar-refractivity contribution < 1.29 is 22.8 Å². The number of hydrazine groups is 1. The third kappa shape index (κ3) is 3.27. The molecule has 2 amide bonds. The van der Waals surface area contributed by atoms with Crippen LogP contribution in [0.5, 0.6) is 0 Å². The number of aromatic amines is 1. The fraction of sp³-hybridized carbons (Fsp3) is 0.250. The van der Waals surface area contributed by atoms with Crippen LogP contribution in [0.2, 0.25) is 0 Å². The monoisotopic (exact) mass is 337 g/mol. The Labute approximate surface area is 135 Å². The van der Waals surface area contributed by atoms with Crippen molar-refractivity contribution in [3.05, 3.63) is 59.4 Å². The molecule has 8 heteroatoms. The highest BCUT2D eigenvalue weighted by molar-refractivity contribution is 5.94. The highest BCUT2D eigenvalue weighted by Crippen LogP contribution is 2.50. The Hall–Kier alpha value is -2.77. The van der Waals surface area contributed by atoms with Crippen molar-refractivity contribution in [3.8, 4) is 0 Å². The minimum Gasteiger partial charge on any atom is -0.357 e. The average Bonchev–Trinajstić information content (AvgIpc) is 3.16. The molecular weight excluding hydrogens is 323 g/mol. The van der Waals surface area contributed by atoms with E-state index in [0.29, 0.717) is 6.42 Å². The molecule has 1 aromatic heterocycles. The van der Waals surface area contributed by atoms with Crippen molar-refractivity contribution in [1.82, 2.24) is 15.8 Å². The van der Waals surface area contributed by atoms with E-state index in [1.54, 1.807) is 12.3 Å². The molecular formula is C16H14F3N3O2. The molecule has 2 unspecified atom stereocenters. The Kier molecular flexibility index (Phi) is 4.04. The topological polar surface area (TPSA) is 74.0 Å². The number of carbonyl (C=O) groups is 2. The summed E-state index contributed by atoms with van der Waals surface area (Å²) in [6.07, 6.45) is -2.58. The molecule has 1 saturated carbocycles. The number of aromatic nitrogens is 1. The van der Waals surface area contributed by atoms with Crippen molar-refractivity contribution in [2.24, 2.45) is 5.92 Å². The number of hydrogen-bond donors (Lipinski definition) is 3. The second-order valence-corrected chi connectivity index (χ2v) is 5.56. The average molecular weight is 337 g/mol. The van der Waals surface area contributed by atoms with Crippen LogP contribution < -0.4 is 10.9 Å². The number of carbonyl (C=O) groups excluding carboxylic acids is 2. The second-order valence-electron chi connectivity index (χ2n) is 5.56. The van der Waals surface area contributed by atoms with Crippen LogP contribution in [-0.4, -0.2) is 16.8 Å². The molecule has 0 aliphatic heterocycles. The van der Waals surface area contributed by atoms with Crippen LogP contribution in [0.15, 0.2) is 42.6 Å². The minimum absolute atomic E-state index is 0.112. The molecule has 1 aromatic carbocycles. The maximum atomic E-state index is 13.0. The summed E-state index contributed by atoms with van der Waals surface area (Å²) in [6, 6.07) is 8.39. The highest BCUT2D eigenvalue weighted by atomic mass is 19.4. The predicted molar refractivity (Wildman–Crippen MR) is 78.7 cm³/mol. The van der Waals surface area contributed by atoms with Gasteiger partial charge in [0, 0.05) is 12.1 Å². The molecule has 3 N–H and O–H groups in total. The number of hydrogen-bond acceptors (Lipinski definition) is 2. The number of benzene rings is 1. The quantitative estimate of drug-likeness (QED) is 0.753. The Morgan fingerprint density at radius 2 is 1.83 bits per heavy atom. The number of amides is 2. The van der Waals surface area contributed by atoms with Gasteiger partial charge < -0.3 is 4.98 Å². The van der Waals surface area contributed by atoms with Crippen molar-refractivity contribution in [2.45, 2.75) is 18.5 Å². The van der Waals surface area contributed by atoms with Gasteiger partial charge >= 0.3 is 6.18 Å². The van der Waals surface area contributed by atoms with Crippen molar-refractivity contribution in [1.29, 1.82) is 0 Å². The Balaban J connectivity index is 1.61. The predicted octanol–water partition coefficient (Wildman–Crippen LogP) is 2.60. The third-order valence-electron chi connectivity index (χ3n) is 3.93. The van der Waals surface area contributed by atoms with Gasteiger partial charge in [-0.2, -0.15) is 13.2 Å². The molecule has 1 aliphatic rings. The lowest BCUT2D eigenvalue weighted by molar-refractivity contribution is -0.138. The van der Waals surface area contributed by atoms with Gasteiger partial charge in [0.25, 0.3) is 5.91 Å². The first-order valence-corrected chi connectivity index (χ1v) is 7.27. The van der Waals surface area contributed by atoms with Crippen molar-refractivity contribution in [3.63, 3.8) is 0 Å². The molecule has 3 rings (SSSR count). The van der Waals surface area contributed by atoms with Crippen molar-refractivity contribution in [2.75, 3.05) is 0 Å². The summed E-state index contributed by atoms with van der Waals surface area (Å²) in [7, 11) is 0. The molecule has 5 nitrogen and oxygen atoms in total. The number of rotatable bonds is 3. The summed E-state index contributed by atoms with van der Waals surface area (Å²) >= 11 is 0. The first kappa shape index (κ1) is 16.1. The van der Waals surface area contributed by atoms with E-state index in [1.807, 2.05) is 0 Å². The molecule has 0 saturated heterocycles. The molecule has 0 radical (unpaired) electrons. The normalized spacial score (nSPS) is 19.6. The van der Waals surface area contributed by atoms with E-state index < -0.39 is 35.4 Å². The molecule has 2 aromatic rings. The van der Waals surface area contributed by atoms with Gasteiger partial charge in [-0.1, -0.05) is 18.2 Å². The summed E-state index contributed by atoms with van der Waals surface area (Å²) in [4.78, 5) is 26.4. The molecule has 1 aliphatic carbocycles. The van der Waals surface area contributed by atoms with E-state index in [1.165, 1.54) is 24.3 Å². The highest BCUT2D eigenvalue weighted by Gasteiger charge is 2.47. The van der Waals surface area contributed by atoms with Crippen LogP contribution in [0.3, 0.4) is 0 Å². The van der Waals surface area contributed by atoms with Crippen LogP contribution in [0, 0.1) is 5.92 Å². The van der Waals surface area contributed by atoms with Gasteiger partial charge in [0.05, 0.1) is 5.56 Å². The number of nitrogens with one attached hydrogen (secondary N) is 3. The SMILES string of the molecule is O=C(NNC(=O)C1CC1c1ccccc1C(F)(F)F)c1ccc[nH]1. The van der Waals surface area contributed by atoms with Crippen LogP contribution in [0.25, 0.3) is 0 Å². The zero-order chi connectivity index (χ0) is 17.3. The molecule has 1 heterocycles. The lowest BCUT2D eigenvalue weighted by atomic mass is 10.0. The van der Waals surface area contributed by atoms with Gasteiger partial charge in [-0.25, -0.2) is 0 Å². The Bertz CT molecular complexity index is 756. The van der Waals surface area contributed by atoms with E-state index in [2.05, 4.69) is 15.8 Å². The molecule has 1 fully saturated rings. The zero-order valence-corrected chi connectivity index (χ0v) is 12.4. The fourth-order valence-electron chi connectivity index (χ4n) is 2.66. The second kappa shape index (κ2) is 6.03. The Morgan fingerprint density at radius 1 is 1.08 bits per heavy atom. The van der Waals surface area contributed by atoms with E-state index in [4.69, 9.17) is 0 Å². The number of alkyl halides is 3. The van der Waals surface area contributed by atoms with E-state index in [0.717, 1.165) is 6.07 Å². The van der Waals surface area contributed by atoms with Gasteiger partial charge in [0.15, 0.2) is 0 Å². The van der Waals surface area contributed by atoms with E-state index in [9.17, 15) is 22.8 Å². The molecule has 0 bridgehead atoms. The summed E-state index contributed by atoms with van der Waals surface area (Å²) in [6.45, 7) is 0. The van der Waals surface area contributed by atoms with Gasteiger partial charge in [-0.05, 0) is 36.1 Å². The van der Waals surface area contributed by atoms with E-state index >= 15 is 0 Å². The van der Waals surface area contributed by atoms with Gasteiger partial charge in [-0.15, -0.1) is 0 Å². The molecule has 2 atom stereocenters. The van der Waals surface area contributed by atoms with Crippen LogP contribution >= 0.6 is 0 Å². The van der Waals surface area contributed by atoms with Crippen LogP contribution in [-0.2, 0) is 11.0 Å². The van der Waals surface area contributed by atoms with Gasteiger partial charge in [0.1, 0.15) is 5.69 Å². The van der Waals surface area contributed by atoms with Crippen LogP contribution in [0.1, 0.15) is 34.0 Å². The zero-order valence-electron chi connectivity index (χ0n) is 12.4. The first-order chi connectivity index (χ1) is 11.4. The minimum atomic E-state index is -4.46. The molecule has 126 valence electrons. The lowest BCUT2D eigenvalue weighted by Gasteiger charge is -2.12. The third-order valence-corrected chi connectivity index (χ3v) is 3.93. The molecule has 24 heavy (non-hydrogen) atoms. The first-order valence-electron chi connectivity index (χ1n) is 7.27. The summed E-state index contributed by atoms with van der Waals surface area (Å²) in [5.74, 6) is -2.11. The maximum absolute atomic E-state index is 13.0. The number of H-pyrrole nitrogens is 1. The van der Waals surface area contributed by atoms with Crippen molar-refractivity contribution >= 4 is 11.8 Å². The lowest BCUT2D eigenvalue weighted by Crippen LogP contribution is -2.42. The smallest absolute Gasteiger partial charge is 0.357 e. The standard InChI is InChI=1S/C16H14F3N3O2/c17-16(18,19)12-5-2-1-4-9(12)10-8-11(10)14(23)21-22-15(24)13-6-3-7-20-13/h1-7,10-11,20H,8H2,(H,21,23)(H,22,24). The van der Waals surface area contributed by atoms with E-state index in [-0.39, 0.29) is 11.3 Å².